The lowest BCUT2D eigenvalue weighted by molar-refractivity contribution is -0.384. The maximum absolute atomic E-state index is 11.8. The highest BCUT2D eigenvalue weighted by molar-refractivity contribution is 5.82. The number of hydrogen-bond donors (Lipinski definition) is 3. The molecule has 0 radical (unpaired) electrons. The quantitative estimate of drug-likeness (QED) is 0.510. The first kappa shape index (κ1) is 18.5. The zero-order valence-electron chi connectivity index (χ0n) is 14.0. The summed E-state index contributed by atoms with van der Waals surface area (Å²) in [5.74, 6) is -0.282. The van der Waals surface area contributed by atoms with Crippen molar-refractivity contribution in [1.82, 2.24) is 21.1 Å². The van der Waals surface area contributed by atoms with Gasteiger partial charge in [0.2, 0.25) is 0 Å². The number of urea groups is 1. The summed E-state index contributed by atoms with van der Waals surface area (Å²) in [5, 5.41) is 13.2. The number of rotatable bonds is 5. The Hall–Kier alpha value is -2.88. The van der Waals surface area contributed by atoms with Crippen molar-refractivity contribution in [1.29, 1.82) is 0 Å². The van der Waals surface area contributed by atoms with Crippen LogP contribution in [0.15, 0.2) is 24.3 Å². The van der Waals surface area contributed by atoms with Crippen LogP contribution in [0, 0.1) is 10.1 Å². The lowest BCUT2D eigenvalue weighted by Crippen LogP contribution is -2.53. The minimum Gasteiger partial charge on any atom is -0.369 e. The van der Waals surface area contributed by atoms with Gasteiger partial charge >= 0.3 is 6.03 Å². The largest absolute Gasteiger partial charge is 0.369 e. The summed E-state index contributed by atoms with van der Waals surface area (Å²) >= 11 is 0. The molecule has 1 aliphatic heterocycles. The topological polar surface area (TPSA) is 120 Å². The molecule has 1 heterocycles. The molecule has 0 atom stereocenters. The zero-order chi connectivity index (χ0) is 18.2. The molecule has 10 heteroatoms. The predicted octanol–water partition coefficient (Wildman–Crippen LogP) is 0.0671. The molecule has 25 heavy (non-hydrogen) atoms. The number of hydrazine groups is 1. The Morgan fingerprint density at radius 3 is 2.32 bits per heavy atom. The Labute approximate surface area is 145 Å². The van der Waals surface area contributed by atoms with Gasteiger partial charge in [-0.25, -0.2) is 10.2 Å². The number of benzene rings is 1. The molecular formula is C15H22N6O4. The molecule has 3 N–H and O–H groups in total. The number of nitrogens with zero attached hydrogens (tertiary/aromatic N) is 3. The van der Waals surface area contributed by atoms with Crippen LogP contribution in [0.25, 0.3) is 0 Å². The summed E-state index contributed by atoms with van der Waals surface area (Å²) in [4.78, 5) is 37.4. The molecule has 136 valence electrons. The summed E-state index contributed by atoms with van der Waals surface area (Å²) in [6.45, 7) is 5.26. The fraction of sp³-hybridized carbons (Fsp3) is 0.467. The molecule has 1 aliphatic rings. The standard InChI is InChI=1S/C15H22N6O4/c1-2-16-15(23)18-17-14(22)11-19-7-9-20(10-8-19)12-3-5-13(6-4-12)21(24)25/h3-6H,2,7-11H2,1H3,(H,17,22)(H2,16,18,23). The van der Waals surface area contributed by atoms with E-state index < -0.39 is 11.0 Å². The van der Waals surface area contributed by atoms with Crippen LogP contribution in [0.3, 0.4) is 0 Å². The Bertz CT molecular complexity index is 613. The molecule has 2 rings (SSSR count). The Morgan fingerprint density at radius 1 is 1.12 bits per heavy atom. The zero-order valence-corrected chi connectivity index (χ0v) is 14.0. The van der Waals surface area contributed by atoms with Gasteiger partial charge in [0.05, 0.1) is 11.5 Å². The first-order valence-corrected chi connectivity index (χ1v) is 8.04. The molecule has 0 saturated carbocycles. The van der Waals surface area contributed by atoms with E-state index in [1.807, 2.05) is 4.90 Å². The van der Waals surface area contributed by atoms with Gasteiger partial charge in [-0.1, -0.05) is 0 Å². The first-order chi connectivity index (χ1) is 12.0. The number of hydrogen-bond acceptors (Lipinski definition) is 6. The summed E-state index contributed by atoms with van der Waals surface area (Å²) in [6.07, 6.45) is 0. The van der Waals surface area contributed by atoms with Gasteiger partial charge in [0, 0.05) is 50.5 Å². The lowest BCUT2D eigenvalue weighted by atomic mass is 10.2. The van der Waals surface area contributed by atoms with Gasteiger partial charge in [0.15, 0.2) is 0 Å². The van der Waals surface area contributed by atoms with Crippen molar-refractivity contribution in [2.45, 2.75) is 6.92 Å². The number of amides is 3. The number of nitro groups is 1. The second kappa shape index (κ2) is 8.83. The number of piperazine rings is 1. The van der Waals surface area contributed by atoms with Crippen LogP contribution >= 0.6 is 0 Å². The monoisotopic (exact) mass is 350 g/mol. The van der Waals surface area contributed by atoms with Crippen LogP contribution in [0.4, 0.5) is 16.2 Å². The number of nitro benzene ring substituents is 1. The number of nitrogens with one attached hydrogen (secondary N) is 3. The van der Waals surface area contributed by atoms with Crippen molar-refractivity contribution in [2.75, 3.05) is 44.2 Å². The van der Waals surface area contributed by atoms with Crippen LogP contribution in [0.2, 0.25) is 0 Å². The maximum Gasteiger partial charge on any atom is 0.333 e. The third kappa shape index (κ3) is 5.60. The van der Waals surface area contributed by atoms with E-state index >= 15 is 0 Å². The molecule has 1 aromatic rings. The normalized spacial score (nSPS) is 14.7. The van der Waals surface area contributed by atoms with Crippen molar-refractivity contribution in [3.05, 3.63) is 34.4 Å². The number of carbonyl (C=O) groups is 2. The van der Waals surface area contributed by atoms with E-state index in [9.17, 15) is 19.7 Å². The van der Waals surface area contributed by atoms with Crippen LogP contribution in [-0.2, 0) is 4.79 Å². The number of anilines is 1. The number of carbonyl (C=O) groups excluding carboxylic acids is 2. The van der Waals surface area contributed by atoms with Gasteiger partial charge in [0.1, 0.15) is 0 Å². The second-order valence-corrected chi connectivity index (χ2v) is 5.57. The Morgan fingerprint density at radius 2 is 1.76 bits per heavy atom. The van der Waals surface area contributed by atoms with E-state index in [1.165, 1.54) is 12.1 Å². The molecule has 1 fully saturated rings. The highest BCUT2D eigenvalue weighted by Gasteiger charge is 2.19. The number of non-ortho nitro benzene ring substituents is 1. The van der Waals surface area contributed by atoms with Crippen molar-refractivity contribution in [3.63, 3.8) is 0 Å². The summed E-state index contributed by atoms with van der Waals surface area (Å²) < 4.78 is 0. The van der Waals surface area contributed by atoms with E-state index in [1.54, 1.807) is 19.1 Å². The summed E-state index contributed by atoms with van der Waals surface area (Å²) in [7, 11) is 0. The van der Waals surface area contributed by atoms with Gasteiger partial charge in [-0.15, -0.1) is 0 Å². The van der Waals surface area contributed by atoms with Gasteiger partial charge in [-0.2, -0.15) is 0 Å². The van der Waals surface area contributed by atoms with Gasteiger partial charge in [0.25, 0.3) is 11.6 Å². The van der Waals surface area contributed by atoms with E-state index in [2.05, 4.69) is 21.1 Å². The molecule has 0 aromatic heterocycles. The van der Waals surface area contributed by atoms with E-state index in [-0.39, 0.29) is 18.1 Å². The average molecular weight is 350 g/mol. The smallest absolute Gasteiger partial charge is 0.333 e. The highest BCUT2D eigenvalue weighted by atomic mass is 16.6. The summed E-state index contributed by atoms with van der Waals surface area (Å²) in [5.41, 5.74) is 5.63. The Kier molecular flexibility index (Phi) is 6.52. The molecule has 0 spiro atoms. The van der Waals surface area contributed by atoms with Crippen LogP contribution in [0.1, 0.15) is 6.92 Å². The fourth-order valence-corrected chi connectivity index (χ4v) is 2.52. The van der Waals surface area contributed by atoms with Crippen LogP contribution in [0.5, 0.6) is 0 Å². The van der Waals surface area contributed by atoms with Crippen LogP contribution < -0.4 is 21.1 Å². The molecule has 0 aliphatic carbocycles. The molecule has 0 bridgehead atoms. The molecule has 1 saturated heterocycles. The van der Waals surface area contributed by atoms with Crippen molar-refractivity contribution < 1.29 is 14.5 Å². The SMILES string of the molecule is CCNC(=O)NNC(=O)CN1CCN(c2ccc([N+](=O)[O-])cc2)CC1. The molecule has 10 nitrogen and oxygen atoms in total. The first-order valence-electron chi connectivity index (χ1n) is 8.04. The van der Waals surface area contributed by atoms with E-state index in [0.29, 0.717) is 19.6 Å². The van der Waals surface area contributed by atoms with Gasteiger partial charge in [-0.05, 0) is 19.1 Å². The predicted molar refractivity (Wildman–Crippen MR) is 92.1 cm³/mol. The minimum atomic E-state index is -0.446. The van der Waals surface area contributed by atoms with E-state index in [4.69, 9.17) is 0 Å². The molecule has 1 aromatic carbocycles. The average Bonchev–Trinajstić information content (AvgIpc) is 2.61. The van der Waals surface area contributed by atoms with Crippen molar-refractivity contribution >= 4 is 23.3 Å². The van der Waals surface area contributed by atoms with Crippen LogP contribution in [-0.4, -0.2) is 61.0 Å². The van der Waals surface area contributed by atoms with E-state index in [0.717, 1.165) is 18.8 Å². The highest BCUT2D eigenvalue weighted by Crippen LogP contribution is 2.20. The molecule has 3 amide bonds. The van der Waals surface area contributed by atoms with Crippen molar-refractivity contribution in [2.24, 2.45) is 0 Å². The molecule has 0 unspecified atom stereocenters. The van der Waals surface area contributed by atoms with Gasteiger partial charge in [-0.3, -0.25) is 25.2 Å². The second-order valence-electron chi connectivity index (χ2n) is 5.57. The fourth-order valence-electron chi connectivity index (χ4n) is 2.52. The minimum absolute atomic E-state index is 0.0682. The van der Waals surface area contributed by atoms with Crippen molar-refractivity contribution in [3.8, 4) is 0 Å². The summed E-state index contributed by atoms with van der Waals surface area (Å²) in [6, 6.07) is 6.00. The lowest BCUT2D eigenvalue weighted by Gasteiger charge is -2.35. The third-order valence-electron chi connectivity index (χ3n) is 3.82. The Balaban J connectivity index is 1.74. The molecular weight excluding hydrogens is 328 g/mol. The van der Waals surface area contributed by atoms with Gasteiger partial charge < -0.3 is 10.2 Å². The third-order valence-corrected chi connectivity index (χ3v) is 3.82. The maximum atomic E-state index is 11.8.